The molecular formula is C23H36F4O3. The van der Waals surface area contributed by atoms with Crippen LogP contribution in [0.4, 0.5) is 17.6 Å². The van der Waals surface area contributed by atoms with Gasteiger partial charge in [-0.2, -0.15) is 8.78 Å². The van der Waals surface area contributed by atoms with Crippen molar-refractivity contribution in [3.63, 3.8) is 0 Å². The number of hydrogen-bond acceptors (Lipinski definition) is 2. The Morgan fingerprint density at radius 1 is 0.933 bits per heavy atom. The van der Waals surface area contributed by atoms with Gasteiger partial charge in [0.15, 0.2) is 0 Å². The second-order valence-corrected chi connectivity index (χ2v) is 9.85. The lowest BCUT2D eigenvalue weighted by Crippen LogP contribution is -2.46. The van der Waals surface area contributed by atoms with Gasteiger partial charge in [-0.15, -0.1) is 0 Å². The topological polar surface area (TPSA) is 46.5 Å². The molecular weight excluding hydrogens is 400 g/mol. The third-order valence-electron chi connectivity index (χ3n) is 7.87. The van der Waals surface area contributed by atoms with Crippen molar-refractivity contribution in [1.82, 2.24) is 0 Å². The molecule has 0 aliphatic heterocycles. The Morgan fingerprint density at radius 3 is 1.90 bits per heavy atom. The molecule has 2 atom stereocenters. The highest BCUT2D eigenvalue weighted by molar-refractivity contribution is 5.71. The number of carboxylic acids is 1. The quantitative estimate of drug-likeness (QED) is 0.461. The molecule has 2 unspecified atom stereocenters. The van der Waals surface area contributed by atoms with E-state index in [2.05, 4.69) is 6.92 Å². The normalized spacial score (nSPS) is 40.8. The fraction of sp³-hybridized carbons (Fsp3) is 0.957. The van der Waals surface area contributed by atoms with Crippen LogP contribution in [-0.2, 0) is 9.53 Å². The van der Waals surface area contributed by atoms with Crippen molar-refractivity contribution >= 4 is 5.97 Å². The van der Waals surface area contributed by atoms with Crippen LogP contribution in [0, 0.1) is 29.6 Å². The highest BCUT2D eigenvalue weighted by Crippen LogP contribution is 2.47. The first-order chi connectivity index (χ1) is 14.2. The Balaban J connectivity index is 1.46. The lowest BCUT2D eigenvalue weighted by atomic mass is 9.68. The predicted octanol–water partition coefficient (Wildman–Crippen LogP) is 6.55. The number of carbonyl (C=O) groups is 1. The van der Waals surface area contributed by atoms with Gasteiger partial charge in [0.2, 0.25) is 0 Å². The van der Waals surface area contributed by atoms with Crippen LogP contribution >= 0.6 is 0 Å². The maximum atomic E-state index is 14.7. The number of halogens is 4. The predicted molar refractivity (Wildman–Crippen MR) is 106 cm³/mol. The van der Waals surface area contributed by atoms with Crippen LogP contribution in [0.15, 0.2) is 0 Å². The summed E-state index contributed by atoms with van der Waals surface area (Å²) in [4.78, 5) is 11.0. The zero-order valence-electron chi connectivity index (χ0n) is 17.9. The van der Waals surface area contributed by atoms with Gasteiger partial charge in [-0.25, -0.2) is 8.78 Å². The molecule has 0 spiro atoms. The lowest BCUT2D eigenvalue weighted by molar-refractivity contribution is -0.306. The van der Waals surface area contributed by atoms with E-state index in [0.29, 0.717) is 24.7 Å². The largest absolute Gasteiger partial charge is 0.481 e. The Morgan fingerprint density at radius 2 is 1.43 bits per heavy atom. The molecule has 0 aromatic rings. The first-order valence-corrected chi connectivity index (χ1v) is 11.8. The summed E-state index contributed by atoms with van der Waals surface area (Å²) in [6.07, 6.45) is -0.0331. The van der Waals surface area contributed by atoms with Gasteiger partial charge in [-0.3, -0.25) is 4.79 Å². The summed E-state index contributed by atoms with van der Waals surface area (Å²) in [5, 5.41) is 8.91. The Hall–Kier alpha value is -0.850. The molecule has 0 aromatic carbocycles. The number of rotatable bonds is 7. The van der Waals surface area contributed by atoms with Crippen molar-refractivity contribution in [2.24, 2.45) is 29.6 Å². The van der Waals surface area contributed by atoms with E-state index in [-0.39, 0.29) is 0 Å². The van der Waals surface area contributed by atoms with Crippen molar-refractivity contribution in [2.45, 2.75) is 109 Å². The Kier molecular flexibility index (Phi) is 8.08. The van der Waals surface area contributed by atoms with Crippen LogP contribution < -0.4 is 0 Å². The second-order valence-electron chi connectivity index (χ2n) is 9.85. The Labute approximate surface area is 176 Å². The smallest absolute Gasteiger partial charge is 0.358 e. The number of ether oxygens (including phenoxy) is 1. The van der Waals surface area contributed by atoms with Crippen molar-refractivity contribution in [3.05, 3.63) is 0 Å². The van der Waals surface area contributed by atoms with E-state index in [4.69, 9.17) is 9.84 Å². The number of aliphatic carboxylic acids is 1. The SMILES string of the molecule is CCCC1CCC(C2CCC(C(F)(F)OC3CC(F)C(C(=O)O)C(F)C3)CC2)CC1. The van der Waals surface area contributed by atoms with Crippen LogP contribution in [0.1, 0.15) is 84.0 Å². The van der Waals surface area contributed by atoms with Crippen molar-refractivity contribution in [2.75, 3.05) is 0 Å². The van der Waals surface area contributed by atoms with Gasteiger partial charge < -0.3 is 9.84 Å². The molecule has 0 saturated heterocycles. The monoisotopic (exact) mass is 436 g/mol. The zero-order chi connectivity index (χ0) is 21.9. The molecule has 0 aromatic heterocycles. The minimum atomic E-state index is -3.43. The van der Waals surface area contributed by atoms with Gasteiger partial charge >= 0.3 is 12.1 Å². The average molecular weight is 437 g/mol. The number of hydrogen-bond donors (Lipinski definition) is 1. The molecule has 3 aliphatic rings. The molecule has 1 N–H and O–H groups in total. The molecule has 3 fully saturated rings. The molecule has 30 heavy (non-hydrogen) atoms. The highest BCUT2D eigenvalue weighted by atomic mass is 19.3. The van der Waals surface area contributed by atoms with Gasteiger partial charge in [-0.1, -0.05) is 32.6 Å². The summed E-state index contributed by atoms with van der Waals surface area (Å²) < 4.78 is 62.4. The van der Waals surface area contributed by atoms with Crippen molar-refractivity contribution < 1.29 is 32.2 Å². The molecule has 3 saturated carbocycles. The highest BCUT2D eigenvalue weighted by Gasteiger charge is 2.49. The van der Waals surface area contributed by atoms with Gasteiger partial charge in [0.05, 0.1) is 12.0 Å². The van der Waals surface area contributed by atoms with Crippen LogP contribution in [0.2, 0.25) is 0 Å². The van der Waals surface area contributed by atoms with E-state index in [0.717, 1.165) is 18.8 Å². The van der Waals surface area contributed by atoms with Crippen LogP contribution in [-0.4, -0.2) is 35.6 Å². The minimum absolute atomic E-state index is 0.370. The third kappa shape index (κ3) is 5.68. The summed E-state index contributed by atoms with van der Waals surface area (Å²) in [5.74, 6) is -2.33. The average Bonchev–Trinajstić information content (AvgIpc) is 2.68. The lowest BCUT2D eigenvalue weighted by Gasteiger charge is -2.41. The number of carboxylic acid groups (broad SMARTS) is 1. The maximum absolute atomic E-state index is 14.7. The van der Waals surface area contributed by atoms with Gasteiger partial charge in [0, 0.05) is 12.8 Å². The third-order valence-corrected chi connectivity index (χ3v) is 7.87. The van der Waals surface area contributed by atoms with E-state index < -0.39 is 55.2 Å². The first kappa shape index (κ1) is 23.8. The van der Waals surface area contributed by atoms with Crippen molar-refractivity contribution in [3.8, 4) is 0 Å². The van der Waals surface area contributed by atoms with Crippen LogP contribution in [0.25, 0.3) is 0 Å². The zero-order valence-corrected chi connectivity index (χ0v) is 17.9. The molecule has 0 heterocycles. The van der Waals surface area contributed by atoms with Crippen molar-refractivity contribution in [1.29, 1.82) is 0 Å². The second kappa shape index (κ2) is 10.2. The van der Waals surface area contributed by atoms with Crippen LogP contribution in [0.3, 0.4) is 0 Å². The molecule has 3 nitrogen and oxygen atoms in total. The summed E-state index contributed by atoms with van der Waals surface area (Å²) in [5.41, 5.74) is 0. The fourth-order valence-electron chi connectivity index (χ4n) is 6.13. The van der Waals surface area contributed by atoms with E-state index >= 15 is 0 Å². The van der Waals surface area contributed by atoms with E-state index in [1.54, 1.807) is 0 Å². The molecule has 174 valence electrons. The molecule has 0 amide bonds. The molecule has 0 bridgehead atoms. The molecule has 3 rings (SSSR count). The summed E-state index contributed by atoms with van der Waals surface area (Å²) >= 11 is 0. The Bertz CT molecular complexity index is 545. The first-order valence-electron chi connectivity index (χ1n) is 11.8. The minimum Gasteiger partial charge on any atom is -0.481 e. The molecule has 7 heteroatoms. The van der Waals surface area contributed by atoms with E-state index in [9.17, 15) is 22.4 Å². The summed E-state index contributed by atoms with van der Waals surface area (Å²) in [7, 11) is 0. The molecule has 3 aliphatic carbocycles. The number of alkyl halides is 4. The maximum Gasteiger partial charge on any atom is 0.358 e. The van der Waals surface area contributed by atoms with Gasteiger partial charge in [0.1, 0.15) is 18.3 Å². The summed E-state index contributed by atoms with van der Waals surface area (Å²) in [6.45, 7) is 2.22. The standard InChI is InChI=1S/C23H36F4O3/c1-2-3-14-4-6-15(7-5-14)16-8-10-17(11-9-16)23(26,27)30-18-12-19(24)21(22(28)29)20(25)13-18/h14-21H,2-13H2,1H3,(H,28,29). The van der Waals surface area contributed by atoms with E-state index in [1.165, 1.54) is 38.5 Å². The van der Waals surface area contributed by atoms with Crippen LogP contribution in [0.5, 0.6) is 0 Å². The molecule has 0 radical (unpaired) electrons. The van der Waals surface area contributed by atoms with E-state index in [1.807, 2.05) is 0 Å². The van der Waals surface area contributed by atoms with Gasteiger partial charge in [-0.05, 0) is 56.3 Å². The van der Waals surface area contributed by atoms with Gasteiger partial charge in [0.25, 0.3) is 0 Å². The summed E-state index contributed by atoms with van der Waals surface area (Å²) in [6, 6.07) is 0. The fourth-order valence-corrected chi connectivity index (χ4v) is 6.13.